The molecule has 0 N–H and O–H groups in total. The summed E-state index contributed by atoms with van der Waals surface area (Å²) in [4.78, 5) is 19.5. The van der Waals surface area contributed by atoms with Gasteiger partial charge in [0, 0.05) is 23.9 Å². The first kappa shape index (κ1) is 18.9. The van der Waals surface area contributed by atoms with Crippen molar-refractivity contribution < 1.29 is 8.78 Å². The molecule has 156 valence electrons. The number of benzene rings is 1. The largest absolute Gasteiger partial charge is 0.292 e. The van der Waals surface area contributed by atoms with Gasteiger partial charge in [0.2, 0.25) is 0 Å². The van der Waals surface area contributed by atoms with E-state index >= 15 is 0 Å². The maximum absolute atomic E-state index is 13.3. The van der Waals surface area contributed by atoms with Crippen LogP contribution in [0.15, 0.2) is 35.5 Å². The van der Waals surface area contributed by atoms with Crippen molar-refractivity contribution in [3.05, 3.63) is 52.5 Å². The maximum atomic E-state index is 13.3. The van der Waals surface area contributed by atoms with Crippen molar-refractivity contribution in [2.75, 3.05) is 13.1 Å². The van der Waals surface area contributed by atoms with Crippen molar-refractivity contribution >= 4 is 21.8 Å². The minimum Gasteiger partial charge on any atom is -0.292 e. The fourth-order valence-electron chi connectivity index (χ4n) is 4.18. The summed E-state index contributed by atoms with van der Waals surface area (Å²) in [6, 6.07) is 5.53. The van der Waals surface area contributed by atoms with Crippen LogP contribution in [0.3, 0.4) is 0 Å². The van der Waals surface area contributed by atoms with Crippen LogP contribution in [-0.2, 0) is 26.2 Å². The second kappa shape index (κ2) is 7.28. The lowest BCUT2D eigenvalue weighted by Crippen LogP contribution is -2.36. The average molecular weight is 413 g/mol. The highest BCUT2D eigenvalue weighted by atomic mass is 19.3. The van der Waals surface area contributed by atoms with Gasteiger partial charge in [0.15, 0.2) is 0 Å². The third kappa shape index (κ3) is 3.17. The molecule has 1 aliphatic rings. The molecule has 4 aromatic rings. The Morgan fingerprint density at radius 2 is 1.97 bits per heavy atom. The SMILES string of the molecule is Cc1ccc2c(c1)c(=O)n(CC(F)F)c1c2cnn1CCN1CCn2ncnc2C1. The standard InChI is InChI=1S/C20H21F2N7O/c1-13-2-3-14-15(8-13)20(30)27(10-17(21)22)19-16(14)9-24-29(19)7-5-26-4-6-28-18(11-26)23-12-25-28/h2-3,8-9,12,17H,4-7,10-11H2,1H3. The summed E-state index contributed by atoms with van der Waals surface area (Å²) in [5.74, 6) is 0.905. The Hall–Kier alpha value is -3.14. The van der Waals surface area contributed by atoms with Gasteiger partial charge in [0.1, 0.15) is 17.8 Å². The minimum absolute atomic E-state index is 0.408. The van der Waals surface area contributed by atoms with Gasteiger partial charge >= 0.3 is 0 Å². The van der Waals surface area contributed by atoms with Crippen LogP contribution in [0, 0.1) is 6.92 Å². The Morgan fingerprint density at radius 3 is 2.80 bits per heavy atom. The zero-order valence-corrected chi connectivity index (χ0v) is 16.5. The third-order valence-electron chi connectivity index (χ3n) is 5.65. The van der Waals surface area contributed by atoms with E-state index in [1.165, 1.54) is 4.57 Å². The lowest BCUT2D eigenvalue weighted by molar-refractivity contribution is 0.126. The van der Waals surface area contributed by atoms with Crippen LogP contribution < -0.4 is 5.56 Å². The number of rotatable bonds is 5. The number of hydrogen-bond donors (Lipinski definition) is 0. The Morgan fingerprint density at radius 1 is 1.10 bits per heavy atom. The number of aryl methyl sites for hydroxylation is 1. The normalized spacial score (nSPS) is 14.8. The molecule has 0 saturated carbocycles. The predicted molar refractivity (Wildman–Crippen MR) is 108 cm³/mol. The molecule has 0 atom stereocenters. The summed E-state index contributed by atoms with van der Waals surface area (Å²) in [5.41, 5.74) is 0.944. The van der Waals surface area contributed by atoms with Crippen molar-refractivity contribution in [2.24, 2.45) is 0 Å². The predicted octanol–water partition coefficient (Wildman–Crippen LogP) is 2.03. The number of nitrogens with zero attached hydrogens (tertiary/aromatic N) is 7. The van der Waals surface area contributed by atoms with Gasteiger partial charge in [0.05, 0.1) is 32.4 Å². The molecule has 10 heteroatoms. The van der Waals surface area contributed by atoms with E-state index in [4.69, 9.17) is 0 Å². The molecule has 8 nitrogen and oxygen atoms in total. The molecule has 1 aliphatic heterocycles. The highest BCUT2D eigenvalue weighted by molar-refractivity contribution is 6.04. The van der Waals surface area contributed by atoms with Gasteiger partial charge < -0.3 is 0 Å². The van der Waals surface area contributed by atoms with E-state index in [1.807, 2.05) is 23.7 Å². The number of pyridine rings is 1. The molecule has 0 unspecified atom stereocenters. The number of halogens is 2. The second-order valence-electron chi connectivity index (χ2n) is 7.64. The molecule has 3 aromatic heterocycles. The zero-order valence-electron chi connectivity index (χ0n) is 16.5. The van der Waals surface area contributed by atoms with Crippen LogP contribution in [0.4, 0.5) is 8.78 Å². The van der Waals surface area contributed by atoms with E-state index in [1.54, 1.807) is 23.3 Å². The molecular formula is C20H21F2N7O. The molecule has 0 bridgehead atoms. The van der Waals surface area contributed by atoms with Gasteiger partial charge in [-0.2, -0.15) is 10.2 Å². The van der Waals surface area contributed by atoms with Gasteiger partial charge in [-0.15, -0.1) is 0 Å². The van der Waals surface area contributed by atoms with Crippen molar-refractivity contribution in [3.8, 4) is 0 Å². The molecule has 0 radical (unpaired) electrons. The first-order valence-electron chi connectivity index (χ1n) is 9.87. The first-order valence-corrected chi connectivity index (χ1v) is 9.87. The van der Waals surface area contributed by atoms with Gasteiger partial charge in [-0.25, -0.2) is 23.1 Å². The van der Waals surface area contributed by atoms with Crippen molar-refractivity contribution in [2.45, 2.75) is 39.5 Å². The second-order valence-corrected chi connectivity index (χ2v) is 7.64. The monoisotopic (exact) mass is 413 g/mol. The van der Waals surface area contributed by atoms with E-state index < -0.39 is 18.5 Å². The molecule has 0 saturated heterocycles. The molecule has 0 fully saturated rings. The fourth-order valence-corrected chi connectivity index (χ4v) is 4.18. The molecule has 0 aliphatic carbocycles. The quantitative estimate of drug-likeness (QED) is 0.501. The average Bonchev–Trinajstić information content (AvgIpc) is 3.35. The van der Waals surface area contributed by atoms with Gasteiger partial charge in [-0.1, -0.05) is 17.7 Å². The molecule has 30 heavy (non-hydrogen) atoms. The van der Waals surface area contributed by atoms with Gasteiger partial charge in [0.25, 0.3) is 12.0 Å². The fraction of sp³-hybridized carbons (Fsp3) is 0.400. The summed E-state index contributed by atoms with van der Waals surface area (Å²) in [5, 5.41) is 10.5. The lowest BCUT2D eigenvalue weighted by Gasteiger charge is -2.26. The van der Waals surface area contributed by atoms with Gasteiger partial charge in [-0.05, 0) is 18.4 Å². The minimum atomic E-state index is -2.63. The highest BCUT2D eigenvalue weighted by Crippen LogP contribution is 2.24. The zero-order chi connectivity index (χ0) is 20.8. The van der Waals surface area contributed by atoms with Crippen LogP contribution in [-0.4, -0.2) is 53.5 Å². The number of hydrogen-bond acceptors (Lipinski definition) is 5. The van der Waals surface area contributed by atoms with Crippen molar-refractivity contribution in [1.82, 2.24) is 34.0 Å². The lowest BCUT2D eigenvalue weighted by atomic mass is 10.1. The van der Waals surface area contributed by atoms with Crippen molar-refractivity contribution in [1.29, 1.82) is 0 Å². The van der Waals surface area contributed by atoms with Crippen molar-refractivity contribution in [3.63, 3.8) is 0 Å². The summed E-state index contributed by atoms with van der Waals surface area (Å²) in [6.45, 7) is 4.62. The summed E-state index contributed by atoms with van der Waals surface area (Å²) < 4.78 is 31.4. The number of alkyl halides is 2. The van der Waals surface area contributed by atoms with E-state index in [2.05, 4.69) is 20.1 Å². The van der Waals surface area contributed by atoms with Crippen LogP contribution in [0.2, 0.25) is 0 Å². The topological polar surface area (TPSA) is 73.8 Å². The Balaban J connectivity index is 1.53. The highest BCUT2D eigenvalue weighted by Gasteiger charge is 2.20. The Kier molecular flexibility index (Phi) is 4.58. The molecule has 4 heterocycles. The van der Waals surface area contributed by atoms with Crippen LogP contribution in [0.1, 0.15) is 11.4 Å². The molecular weight excluding hydrogens is 392 g/mol. The molecule has 0 amide bonds. The maximum Gasteiger partial charge on any atom is 0.260 e. The van der Waals surface area contributed by atoms with E-state index in [9.17, 15) is 13.6 Å². The molecule has 1 aromatic carbocycles. The number of fused-ring (bicyclic) bond motifs is 4. The van der Waals surface area contributed by atoms with Gasteiger partial charge in [-0.3, -0.25) is 14.3 Å². The van der Waals surface area contributed by atoms with E-state index in [-0.39, 0.29) is 0 Å². The molecule has 5 rings (SSSR count). The van der Waals surface area contributed by atoms with E-state index in [0.29, 0.717) is 36.1 Å². The number of aromatic nitrogens is 6. The van der Waals surface area contributed by atoms with Crippen LogP contribution in [0.25, 0.3) is 21.8 Å². The summed E-state index contributed by atoms with van der Waals surface area (Å²) >= 11 is 0. The smallest absolute Gasteiger partial charge is 0.260 e. The van der Waals surface area contributed by atoms with Crippen LogP contribution in [0.5, 0.6) is 0 Å². The summed E-state index contributed by atoms with van der Waals surface area (Å²) in [7, 11) is 0. The summed E-state index contributed by atoms with van der Waals surface area (Å²) in [6.07, 6.45) is 0.585. The Bertz CT molecular complexity index is 1290. The first-order chi connectivity index (χ1) is 14.5. The third-order valence-corrected chi connectivity index (χ3v) is 5.65. The molecule has 0 spiro atoms. The van der Waals surface area contributed by atoms with E-state index in [0.717, 1.165) is 29.9 Å². The van der Waals surface area contributed by atoms with Crippen LogP contribution >= 0.6 is 0 Å². The Labute approximate surface area is 170 Å².